The van der Waals surface area contributed by atoms with Crippen molar-refractivity contribution in [3.8, 4) is 0 Å². The second kappa shape index (κ2) is 7.49. The maximum atomic E-state index is 12.2. The van der Waals surface area contributed by atoms with Gasteiger partial charge < -0.3 is 9.73 Å². The molecule has 1 atom stereocenters. The van der Waals surface area contributed by atoms with Crippen LogP contribution in [-0.4, -0.2) is 32.5 Å². The summed E-state index contributed by atoms with van der Waals surface area (Å²) < 4.78 is 32.6. The molecule has 114 valence electrons. The lowest BCUT2D eigenvalue weighted by atomic mass is 10.2. The molecule has 1 aliphatic heterocycles. The normalized spacial score (nSPS) is 20.1. The van der Waals surface area contributed by atoms with Crippen molar-refractivity contribution >= 4 is 21.8 Å². The van der Waals surface area contributed by atoms with Crippen molar-refractivity contribution in [2.24, 2.45) is 0 Å². The van der Waals surface area contributed by atoms with Gasteiger partial charge in [-0.2, -0.15) is 11.8 Å². The zero-order valence-corrected chi connectivity index (χ0v) is 13.4. The zero-order valence-electron chi connectivity index (χ0n) is 11.7. The van der Waals surface area contributed by atoms with Gasteiger partial charge in [0.25, 0.3) is 10.0 Å². The Morgan fingerprint density at radius 1 is 1.45 bits per heavy atom. The van der Waals surface area contributed by atoms with E-state index in [9.17, 15) is 8.42 Å². The van der Waals surface area contributed by atoms with Crippen LogP contribution in [0.2, 0.25) is 0 Å². The largest absolute Gasteiger partial charge is 0.447 e. The zero-order chi connectivity index (χ0) is 14.4. The fraction of sp³-hybridized carbons (Fsp3) is 0.692. The summed E-state index contributed by atoms with van der Waals surface area (Å²) in [4.78, 5) is 0. The smallest absolute Gasteiger partial charge is 0.274 e. The highest BCUT2D eigenvalue weighted by atomic mass is 32.2. The molecule has 2 heterocycles. The highest BCUT2D eigenvalue weighted by Crippen LogP contribution is 2.20. The quantitative estimate of drug-likeness (QED) is 0.752. The summed E-state index contributed by atoms with van der Waals surface area (Å²) in [7, 11) is -3.53. The number of thioether (sulfide) groups is 1. The highest BCUT2D eigenvalue weighted by Gasteiger charge is 2.24. The summed E-state index contributed by atoms with van der Waals surface area (Å²) in [6.07, 6.45) is 2.99. The molecule has 1 aromatic rings. The summed E-state index contributed by atoms with van der Waals surface area (Å²) in [5, 5.41) is 3.20. The molecule has 0 spiro atoms. The van der Waals surface area contributed by atoms with Crippen LogP contribution in [0.3, 0.4) is 0 Å². The van der Waals surface area contributed by atoms with Crippen molar-refractivity contribution in [1.82, 2.24) is 10.0 Å². The van der Waals surface area contributed by atoms with Gasteiger partial charge in [-0.05, 0) is 43.7 Å². The van der Waals surface area contributed by atoms with Crippen molar-refractivity contribution in [2.45, 2.75) is 43.9 Å². The summed E-state index contributed by atoms with van der Waals surface area (Å²) >= 11 is 1.79. The standard InChI is InChI=1S/C13H22N2O3S2/c1-2-7-14-9-12-5-6-13(18-12)20(16,17)15-11-4-3-8-19-10-11/h5-6,11,14-15H,2-4,7-10H2,1H3. The van der Waals surface area contributed by atoms with E-state index in [-0.39, 0.29) is 11.1 Å². The molecule has 0 bridgehead atoms. The van der Waals surface area contributed by atoms with Gasteiger partial charge in [0.05, 0.1) is 6.54 Å². The van der Waals surface area contributed by atoms with Gasteiger partial charge >= 0.3 is 0 Å². The lowest BCUT2D eigenvalue weighted by molar-refractivity contribution is 0.397. The van der Waals surface area contributed by atoms with Gasteiger partial charge in [-0.3, -0.25) is 0 Å². The maximum Gasteiger partial charge on any atom is 0.274 e. The van der Waals surface area contributed by atoms with E-state index in [0.717, 1.165) is 37.3 Å². The third-order valence-electron chi connectivity index (χ3n) is 3.11. The first-order chi connectivity index (χ1) is 9.62. The monoisotopic (exact) mass is 318 g/mol. The van der Waals surface area contributed by atoms with E-state index in [1.807, 2.05) is 0 Å². The molecule has 0 radical (unpaired) electrons. The average molecular weight is 318 g/mol. The molecule has 1 saturated heterocycles. The van der Waals surface area contributed by atoms with Crippen LogP contribution in [0, 0.1) is 0 Å². The second-order valence-electron chi connectivity index (χ2n) is 4.93. The lowest BCUT2D eigenvalue weighted by Gasteiger charge is -2.21. The first kappa shape index (κ1) is 15.9. The van der Waals surface area contributed by atoms with E-state index in [1.54, 1.807) is 17.8 Å². The van der Waals surface area contributed by atoms with Gasteiger partial charge in [0.1, 0.15) is 5.76 Å². The molecule has 20 heavy (non-hydrogen) atoms. The Morgan fingerprint density at radius 3 is 3.00 bits per heavy atom. The van der Waals surface area contributed by atoms with Crippen LogP contribution in [0.1, 0.15) is 31.9 Å². The highest BCUT2D eigenvalue weighted by molar-refractivity contribution is 7.99. The number of furan rings is 1. The SMILES string of the molecule is CCCNCc1ccc(S(=O)(=O)NC2CCCSC2)o1. The van der Waals surface area contributed by atoms with E-state index in [2.05, 4.69) is 17.0 Å². The molecule has 1 aromatic heterocycles. The Hall–Kier alpha value is -0.500. The van der Waals surface area contributed by atoms with Crippen LogP contribution in [0.25, 0.3) is 0 Å². The molecule has 0 saturated carbocycles. The summed E-state index contributed by atoms with van der Waals surface area (Å²) in [5.74, 6) is 2.61. The van der Waals surface area contributed by atoms with Crippen molar-refractivity contribution < 1.29 is 12.8 Å². The van der Waals surface area contributed by atoms with Gasteiger partial charge in [0.2, 0.25) is 5.09 Å². The first-order valence-corrected chi connectivity index (χ1v) is 9.65. The topological polar surface area (TPSA) is 71.3 Å². The van der Waals surface area contributed by atoms with E-state index in [1.165, 1.54) is 6.07 Å². The number of hydrogen-bond donors (Lipinski definition) is 2. The summed E-state index contributed by atoms with van der Waals surface area (Å²) in [6, 6.07) is 3.26. The van der Waals surface area contributed by atoms with E-state index in [0.29, 0.717) is 12.3 Å². The Kier molecular flexibility index (Phi) is 5.95. The number of rotatable bonds is 7. The van der Waals surface area contributed by atoms with Gasteiger partial charge in [0, 0.05) is 11.8 Å². The predicted octanol–water partition coefficient (Wildman–Crippen LogP) is 1.95. The third-order valence-corrected chi connectivity index (χ3v) is 5.72. The molecule has 0 amide bonds. The molecular weight excluding hydrogens is 296 g/mol. The van der Waals surface area contributed by atoms with Gasteiger partial charge in [-0.1, -0.05) is 6.92 Å². The van der Waals surface area contributed by atoms with Crippen LogP contribution >= 0.6 is 11.8 Å². The fourth-order valence-corrected chi connectivity index (χ4v) is 4.49. The Labute approximate surface area is 124 Å². The third kappa shape index (κ3) is 4.51. The Morgan fingerprint density at radius 2 is 2.30 bits per heavy atom. The van der Waals surface area contributed by atoms with Crippen molar-refractivity contribution in [1.29, 1.82) is 0 Å². The van der Waals surface area contributed by atoms with Crippen LogP contribution in [0.15, 0.2) is 21.6 Å². The summed E-state index contributed by atoms with van der Waals surface area (Å²) in [6.45, 7) is 3.53. The van der Waals surface area contributed by atoms with Crippen LogP contribution in [-0.2, 0) is 16.6 Å². The molecule has 7 heteroatoms. The van der Waals surface area contributed by atoms with Gasteiger partial charge in [0.15, 0.2) is 0 Å². The van der Waals surface area contributed by atoms with E-state index < -0.39 is 10.0 Å². The van der Waals surface area contributed by atoms with Gasteiger partial charge in [-0.15, -0.1) is 0 Å². The number of hydrogen-bond acceptors (Lipinski definition) is 5. The molecule has 1 fully saturated rings. The Balaban J connectivity index is 1.94. The molecule has 0 aromatic carbocycles. The van der Waals surface area contributed by atoms with E-state index >= 15 is 0 Å². The maximum absolute atomic E-state index is 12.2. The fourth-order valence-electron chi connectivity index (χ4n) is 2.10. The average Bonchev–Trinajstić information content (AvgIpc) is 2.89. The van der Waals surface area contributed by atoms with Crippen molar-refractivity contribution in [2.75, 3.05) is 18.1 Å². The second-order valence-corrected chi connectivity index (χ2v) is 7.73. The first-order valence-electron chi connectivity index (χ1n) is 7.01. The van der Waals surface area contributed by atoms with Crippen molar-refractivity contribution in [3.05, 3.63) is 17.9 Å². The van der Waals surface area contributed by atoms with Crippen LogP contribution < -0.4 is 10.0 Å². The molecule has 1 unspecified atom stereocenters. The molecular formula is C13H22N2O3S2. The lowest BCUT2D eigenvalue weighted by Crippen LogP contribution is -2.38. The molecule has 5 nitrogen and oxygen atoms in total. The number of sulfonamides is 1. The molecule has 2 rings (SSSR count). The minimum Gasteiger partial charge on any atom is -0.447 e. The minimum atomic E-state index is -3.53. The van der Waals surface area contributed by atoms with E-state index in [4.69, 9.17) is 4.42 Å². The Bertz CT molecular complexity index is 507. The van der Waals surface area contributed by atoms with Crippen molar-refractivity contribution in [3.63, 3.8) is 0 Å². The number of nitrogens with one attached hydrogen (secondary N) is 2. The summed E-state index contributed by atoms with van der Waals surface area (Å²) in [5.41, 5.74) is 0. The molecule has 1 aliphatic rings. The van der Waals surface area contributed by atoms with Crippen LogP contribution in [0.4, 0.5) is 0 Å². The van der Waals surface area contributed by atoms with Gasteiger partial charge in [-0.25, -0.2) is 13.1 Å². The minimum absolute atomic E-state index is 0.0152. The molecule has 2 N–H and O–H groups in total. The predicted molar refractivity (Wildman–Crippen MR) is 81.4 cm³/mol. The van der Waals surface area contributed by atoms with Crippen LogP contribution in [0.5, 0.6) is 0 Å². The molecule has 0 aliphatic carbocycles.